The summed E-state index contributed by atoms with van der Waals surface area (Å²) in [6.45, 7) is 1.20. The lowest BCUT2D eigenvalue weighted by Gasteiger charge is -2.16. The van der Waals surface area contributed by atoms with Crippen LogP contribution >= 0.6 is 0 Å². The van der Waals surface area contributed by atoms with Crippen LogP contribution < -0.4 is 5.56 Å². The van der Waals surface area contributed by atoms with E-state index in [1.807, 2.05) is 0 Å². The second-order valence-electron chi connectivity index (χ2n) is 4.70. The van der Waals surface area contributed by atoms with Crippen LogP contribution in [0.1, 0.15) is 12.1 Å². The van der Waals surface area contributed by atoms with Crippen molar-refractivity contribution >= 4 is 11.2 Å². The van der Waals surface area contributed by atoms with Crippen molar-refractivity contribution in [2.45, 2.75) is 31.5 Å². The van der Waals surface area contributed by atoms with E-state index in [0.717, 1.165) is 0 Å². The summed E-state index contributed by atoms with van der Waals surface area (Å²) in [6, 6.07) is 0. The Morgan fingerprint density at radius 3 is 2.85 bits per heavy atom. The first-order chi connectivity index (χ1) is 9.52. The van der Waals surface area contributed by atoms with E-state index in [9.17, 15) is 15.0 Å². The molecule has 0 amide bonds. The Morgan fingerprint density at radius 1 is 1.45 bits per heavy atom. The summed E-state index contributed by atoms with van der Waals surface area (Å²) < 4.78 is 6.76. The van der Waals surface area contributed by atoms with Gasteiger partial charge in [0.15, 0.2) is 17.4 Å². The van der Waals surface area contributed by atoms with Crippen molar-refractivity contribution in [3.8, 4) is 0 Å². The molecule has 108 valence electrons. The van der Waals surface area contributed by atoms with E-state index < -0.39 is 36.7 Å². The van der Waals surface area contributed by atoms with Crippen LogP contribution in [0.5, 0.6) is 0 Å². The molecule has 0 saturated carbocycles. The molecule has 3 heterocycles. The van der Waals surface area contributed by atoms with Gasteiger partial charge in [0, 0.05) is 0 Å². The van der Waals surface area contributed by atoms with Crippen LogP contribution in [0.4, 0.5) is 0 Å². The summed E-state index contributed by atoms with van der Waals surface area (Å²) in [5.74, 6) is 0.399. The number of imidazole rings is 1. The largest absolute Gasteiger partial charge is 0.394 e. The predicted molar refractivity (Wildman–Crippen MR) is 65.9 cm³/mol. The van der Waals surface area contributed by atoms with Crippen molar-refractivity contribution in [2.75, 3.05) is 6.61 Å². The number of fused-ring (bicyclic) bond motifs is 1. The van der Waals surface area contributed by atoms with E-state index in [1.165, 1.54) is 10.9 Å². The normalized spacial score (nSPS) is 30.2. The van der Waals surface area contributed by atoms with Gasteiger partial charge < -0.3 is 25.0 Å². The molecule has 0 bridgehead atoms. The second-order valence-corrected chi connectivity index (χ2v) is 4.70. The minimum absolute atomic E-state index is 0.119. The number of hydrogen-bond acceptors (Lipinski definition) is 7. The molecule has 2 aromatic rings. The molecule has 0 aromatic carbocycles. The first-order valence-electron chi connectivity index (χ1n) is 6.09. The van der Waals surface area contributed by atoms with E-state index in [4.69, 9.17) is 9.84 Å². The van der Waals surface area contributed by atoms with E-state index in [0.29, 0.717) is 5.82 Å². The van der Waals surface area contributed by atoms with Gasteiger partial charge in [0.2, 0.25) is 0 Å². The molecular weight excluding hydrogens is 268 g/mol. The molecule has 4 N–H and O–H groups in total. The maximum Gasteiger partial charge on any atom is 0.279 e. The zero-order valence-corrected chi connectivity index (χ0v) is 10.6. The smallest absolute Gasteiger partial charge is 0.279 e. The van der Waals surface area contributed by atoms with Crippen LogP contribution in [0.25, 0.3) is 11.2 Å². The number of ether oxygens (including phenoxy) is 1. The summed E-state index contributed by atoms with van der Waals surface area (Å²) in [5.41, 5.74) is -0.0209. The van der Waals surface area contributed by atoms with Gasteiger partial charge in [-0.1, -0.05) is 0 Å². The van der Waals surface area contributed by atoms with Gasteiger partial charge in [0.25, 0.3) is 5.56 Å². The van der Waals surface area contributed by atoms with E-state index >= 15 is 0 Å². The Balaban J connectivity index is 2.09. The Hall–Kier alpha value is -1.81. The van der Waals surface area contributed by atoms with Crippen molar-refractivity contribution in [2.24, 2.45) is 0 Å². The maximum atomic E-state index is 11.7. The molecule has 9 heteroatoms. The Kier molecular flexibility index (Phi) is 3.05. The van der Waals surface area contributed by atoms with Gasteiger partial charge in [-0.2, -0.15) is 0 Å². The third-order valence-corrected chi connectivity index (χ3v) is 3.34. The minimum Gasteiger partial charge on any atom is -0.394 e. The van der Waals surface area contributed by atoms with Crippen LogP contribution in [0.3, 0.4) is 0 Å². The monoisotopic (exact) mass is 282 g/mol. The van der Waals surface area contributed by atoms with Crippen LogP contribution in [0.2, 0.25) is 0 Å². The first-order valence-corrected chi connectivity index (χ1v) is 6.09. The molecule has 1 saturated heterocycles. The number of nitrogens with one attached hydrogen (secondary N) is 1. The average molecular weight is 282 g/mol. The summed E-state index contributed by atoms with van der Waals surface area (Å²) in [4.78, 5) is 22.3. The van der Waals surface area contributed by atoms with Crippen molar-refractivity contribution < 1.29 is 20.1 Å². The van der Waals surface area contributed by atoms with Crippen molar-refractivity contribution in [3.63, 3.8) is 0 Å². The SMILES string of the molecule is Cc1nc2c(ncn2[C@H]2O[C@@H](CO)[C@@H](O)[C@@H]2O)c(=O)[nH]1. The number of aliphatic hydroxyl groups is 3. The molecule has 1 aliphatic heterocycles. The molecule has 0 unspecified atom stereocenters. The van der Waals surface area contributed by atoms with Gasteiger partial charge in [-0.05, 0) is 6.92 Å². The predicted octanol–water partition coefficient (Wildman–Crippen LogP) is -1.96. The first kappa shape index (κ1) is 13.2. The fourth-order valence-electron chi connectivity index (χ4n) is 2.33. The highest BCUT2D eigenvalue weighted by molar-refractivity contribution is 5.69. The van der Waals surface area contributed by atoms with Crippen LogP contribution in [0.15, 0.2) is 11.1 Å². The summed E-state index contributed by atoms with van der Waals surface area (Å²) in [6.07, 6.45) is -3.00. The topological polar surface area (TPSA) is 133 Å². The lowest BCUT2D eigenvalue weighted by atomic mass is 10.1. The number of aryl methyl sites for hydroxylation is 1. The quantitative estimate of drug-likeness (QED) is 0.502. The highest BCUT2D eigenvalue weighted by atomic mass is 16.6. The van der Waals surface area contributed by atoms with Gasteiger partial charge in [-0.3, -0.25) is 9.36 Å². The fraction of sp³-hybridized carbons (Fsp3) is 0.545. The lowest BCUT2D eigenvalue weighted by molar-refractivity contribution is -0.0511. The number of H-pyrrole nitrogens is 1. The Bertz CT molecular complexity index is 696. The van der Waals surface area contributed by atoms with Gasteiger partial charge >= 0.3 is 0 Å². The third-order valence-electron chi connectivity index (χ3n) is 3.34. The molecular formula is C11H14N4O5. The molecule has 2 aromatic heterocycles. The van der Waals surface area contributed by atoms with Crippen LogP contribution in [0, 0.1) is 6.92 Å². The minimum atomic E-state index is -1.24. The number of nitrogens with zero attached hydrogens (tertiary/aromatic N) is 3. The average Bonchev–Trinajstić information content (AvgIpc) is 2.93. The van der Waals surface area contributed by atoms with Gasteiger partial charge in [-0.15, -0.1) is 0 Å². The molecule has 1 fully saturated rings. The lowest BCUT2D eigenvalue weighted by Crippen LogP contribution is -2.33. The molecule has 9 nitrogen and oxygen atoms in total. The molecule has 0 radical (unpaired) electrons. The summed E-state index contributed by atoms with van der Waals surface area (Å²) in [7, 11) is 0. The van der Waals surface area contributed by atoms with Crippen molar-refractivity contribution in [1.82, 2.24) is 19.5 Å². The van der Waals surface area contributed by atoms with Crippen molar-refractivity contribution in [3.05, 3.63) is 22.5 Å². The van der Waals surface area contributed by atoms with Crippen LogP contribution in [-0.2, 0) is 4.74 Å². The van der Waals surface area contributed by atoms with Crippen molar-refractivity contribution in [1.29, 1.82) is 0 Å². The van der Waals surface area contributed by atoms with Gasteiger partial charge in [-0.25, -0.2) is 9.97 Å². The Morgan fingerprint density at radius 2 is 2.20 bits per heavy atom. The van der Waals surface area contributed by atoms with Gasteiger partial charge in [0.05, 0.1) is 12.9 Å². The molecule has 0 aliphatic carbocycles. The third kappa shape index (κ3) is 1.83. The number of hydrogen-bond donors (Lipinski definition) is 4. The number of aliphatic hydroxyl groups excluding tert-OH is 3. The number of aromatic nitrogens is 4. The molecule has 3 rings (SSSR count). The number of aromatic amines is 1. The molecule has 0 spiro atoms. The van der Waals surface area contributed by atoms with E-state index in [-0.39, 0.29) is 11.2 Å². The van der Waals surface area contributed by atoms with Gasteiger partial charge in [0.1, 0.15) is 24.1 Å². The molecule has 1 aliphatic rings. The van der Waals surface area contributed by atoms with E-state index in [2.05, 4.69) is 15.0 Å². The zero-order chi connectivity index (χ0) is 14.4. The standard InChI is InChI=1S/C11H14N4O5/c1-4-13-9-6(10(19)14-4)12-3-15(9)11-8(18)7(17)5(2-16)20-11/h3,5,7-8,11,16-18H,2H2,1H3,(H,13,14,19)/t5-,7+,8-,11-/m0/s1. The summed E-state index contributed by atoms with van der Waals surface area (Å²) in [5, 5.41) is 28.8. The number of rotatable bonds is 2. The second kappa shape index (κ2) is 4.63. The molecule has 4 atom stereocenters. The zero-order valence-electron chi connectivity index (χ0n) is 10.6. The van der Waals surface area contributed by atoms with Crippen LogP contribution in [-0.4, -0.2) is 59.8 Å². The fourth-order valence-corrected chi connectivity index (χ4v) is 2.33. The highest BCUT2D eigenvalue weighted by Gasteiger charge is 2.44. The molecule has 20 heavy (non-hydrogen) atoms. The Labute approximate surface area is 112 Å². The highest BCUT2D eigenvalue weighted by Crippen LogP contribution is 2.30. The maximum absolute atomic E-state index is 11.7. The van der Waals surface area contributed by atoms with E-state index in [1.54, 1.807) is 6.92 Å². The summed E-state index contributed by atoms with van der Waals surface area (Å²) >= 11 is 0.